The van der Waals surface area contributed by atoms with Crippen LogP contribution in [-0.2, 0) is 17.8 Å². The summed E-state index contributed by atoms with van der Waals surface area (Å²) >= 11 is 3.41. The summed E-state index contributed by atoms with van der Waals surface area (Å²) in [6.45, 7) is 5.81. The summed E-state index contributed by atoms with van der Waals surface area (Å²) in [7, 11) is 0. The van der Waals surface area contributed by atoms with E-state index in [1.807, 2.05) is 30.0 Å². The van der Waals surface area contributed by atoms with Crippen molar-refractivity contribution in [2.75, 3.05) is 6.54 Å². The number of hydrogen-bond donors (Lipinski definition) is 0. The zero-order chi connectivity index (χ0) is 18.0. The third kappa shape index (κ3) is 3.59. The van der Waals surface area contributed by atoms with E-state index in [1.54, 1.807) is 0 Å². The first kappa shape index (κ1) is 18.0. The average molecular weight is 402 g/mol. The van der Waals surface area contributed by atoms with Crippen LogP contribution in [0.4, 0.5) is 0 Å². The van der Waals surface area contributed by atoms with Crippen molar-refractivity contribution in [1.29, 1.82) is 5.26 Å². The van der Waals surface area contributed by atoms with E-state index in [4.69, 9.17) is 5.26 Å². The lowest BCUT2D eigenvalue weighted by molar-refractivity contribution is -0.131. The number of nitriles is 1. The van der Waals surface area contributed by atoms with Crippen LogP contribution in [0.25, 0.3) is 10.9 Å². The van der Waals surface area contributed by atoms with Crippen LogP contribution in [0.3, 0.4) is 0 Å². The van der Waals surface area contributed by atoms with E-state index in [2.05, 4.69) is 39.6 Å². The van der Waals surface area contributed by atoms with Crippen molar-refractivity contribution in [3.8, 4) is 6.07 Å². The Morgan fingerprint density at radius 3 is 2.92 bits per heavy atom. The van der Waals surface area contributed by atoms with Gasteiger partial charge in [0.15, 0.2) is 0 Å². The summed E-state index contributed by atoms with van der Waals surface area (Å²) < 4.78 is 2.30. The number of fused-ring (bicyclic) bond motifs is 1. The number of benzene rings is 1. The Morgan fingerprint density at radius 2 is 2.24 bits per heavy atom. The van der Waals surface area contributed by atoms with E-state index < -0.39 is 0 Å². The molecule has 1 unspecified atom stereocenters. The van der Waals surface area contributed by atoms with Crippen LogP contribution in [0.1, 0.15) is 44.4 Å². The van der Waals surface area contributed by atoms with Gasteiger partial charge in [-0.3, -0.25) is 4.79 Å². The third-order valence-electron chi connectivity index (χ3n) is 5.17. The summed E-state index contributed by atoms with van der Waals surface area (Å²) in [4.78, 5) is 14.3. The third-order valence-corrected chi connectivity index (χ3v) is 5.56. The van der Waals surface area contributed by atoms with Gasteiger partial charge in [0, 0.05) is 30.3 Å². The van der Waals surface area contributed by atoms with Crippen molar-refractivity contribution in [1.82, 2.24) is 9.47 Å². The first-order valence-corrected chi connectivity index (χ1v) is 9.93. The topological polar surface area (TPSA) is 49.0 Å². The van der Waals surface area contributed by atoms with Crippen molar-refractivity contribution in [3.05, 3.63) is 35.5 Å². The molecular weight excluding hydrogens is 378 g/mol. The predicted molar refractivity (Wildman–Crippen MR) is 104 cm³/mol. The molecule has 0 bridgehead atoms. The number of carbonyl (C=O) groups excluding carboxylic acids is 1. The van der Waals surface area contributed by atoms with E-state index in [9.17, 15) is 4.79 Å². The molecule has 1 fully saturated rings. The minimum atomic E-state index is -0.111. The molecule has 1 amide bonds. The molecule has 2 atom stereocenters. The standard InChI is InChI=1S/C20H24BrN3O/c1-3-23-18(12-16-7-6-15(13-22)11-19(16)23)9-8-17-5-4-10-24(17)20(25)14(2)21/h6-7,11-12,14,17H,3-5,8-10H2,1-2H3/t14?,17-/m0/s1. The molecule has 25 heavy (non-hydrogen) atoms. The lowest BCUT2D eigenvalue weighted by atomic mass is 10.1. The predicted octanol–water partition coefficient (Wildman–Crippen LogP) is 4.24. The van der Waals surface area contributed by atoms with Gasteiger partial charge in [0.1, 0.15) is 0 Å². The maximum absolute atomic E-state index is 12.3. The number of likely N-dealkylation sites (tertiary alicyclic amines) is 1. The first-order valence-electron chi connectivity index (χ1n) is 9.02. The quantitative estimate of drug-likeness (QED) is 0.703. The number of carbonyl (C=O) groups is 1. The molecule has 1 aromatic heterocycles. The van der Waals surface area contributed by atoms with Gasteiger partial charge in [0.05, 0.1) is 16.5 Å². The van der Waals surface area contributed by atoms with Gasteiger partial charge in [-0.15, -0.1) is 0 Å². The molecular formula is C20H24BrN3O. The van der Waals surface area contributed by atoms with E-state index in [0.717, 1.165) is 44.3 Å². The van der Waals surface area contributed by atoms with Crippen molar-refractivity contribution in [3.63, 3.8) is 0 Å². The Morgan fingerprint density at radius 1 is 1.44 bits per heavy atom. The second-order valence-corrected chi connectivity index (χ2v) is 8.12. The van der Waals surface area contributed by atoms with E-state index >= 15 is 0 Å². The van der Waals surface area contributed by atoms with Gasteiger partial charge >= 0.3 is 0 Å². The highest BCUT2D eigenvalue weighted by Crippen LogP contribution is 2.27. The van der Waals surface area contributed by atoms with Crippen LogP contribution in [0.5, 0.6) is 0 Å². The van der Waals surface area contributed by atoms with Crippen LogP contribution in [0.2, 0.25) is 0 Å². The highest BCUT2D eigenvalue weighted by atomic mass is 79.9. The molecule has 1 aliphatic rings. The minimum absolute atomic E-state index is 0.111. The van der Waals surface area contributed by atoms with Crippen molar-refractivity contribution < 1.29 is 4.79 Å². The van der Waals surface area contributed by atoms with Crippen molar-refractivity contribution in [2.24, 2.45) is 0 Å². The molecule has 5 heteroatoms. The van der Waals surface area contributed by atoms with E-state index in [-0.39, 0.29) is 10.7 Å². The van der Waals surface area contributed by atoms with Crippen molar-refractivity contribution in [2.45, 2.75) is 56.9 Å². The molecule has 2 heterocycles. The Hall–Kier alpha value is -1.80. The summed E-state index contributed by atoms with van der Waals surface area (Å²) in [5.74, 6) is 0.206. The Labute approximate surface area is 157 Å². The summed E-state index contributed by atoms with van der Waals surface area (Å²) in [6, 6.07) is 10.7. The number of halogens is 1. The van der Waals surface area contributed by atoms with Gasteiger partial charge < -0.3 is 9.47 Å². The molecule has 0 radical (unpaired) electrons. The van der Waals surface area contributed by atoms with Gasteiger partial charge in [-0.25, -0.2) is 0 Å². The normalized spacial score (nSPS) is 18.5. The zero-order valence-corrected chi connectivity index (χ0v) is 16.4. The van der Waals surface area contributed by atoms with Crippen LogP contribution >= 0.6 is 15.9 Å². The summed E-state index contributed by atoms with van der Waals surface area (Å²) in [6.07, 6.45) is 4.14. The van der Waals surface area contributed by atoms with Gasteiger partial charge in [-0.05, 0) is 63.1 Å². The molecule has 1 aromatic carbocycles. The second-order valence-electron chi connectivity index (χ2n) is 6.75. The minimum Gasteiger partial charge on any atom is -0.345 e. The fourth-order valence-corrected chi connectivity index (χ4v) is 4.19. The van der Waals surface area contributed by atoms with Crippen molar-refractivity contribution >= 4 is 32.7 Å². The molecule has 0 spiro atoms. The second kappa shape index (κ2) is 7.61. The maximum Gasteiger partial charge on any atom is 0.236 e. The van der Waals surface area contributed by atoms with E-state index in [1.165, 1.54) is 11.1 Å². The molecule has 1 aliphatic heterocycles. The molecule has 0 saturated carbocycles. The molecule has 4 nitrogen and oxygen atoms in total. The highest BCUT2D eigenvalue weighted by Gasteiger charge is 2.30. The highest BCUT2D eigenvalue weighted by molar-refractivity contribution is 9.10. The lowest BCUT2D eigenvalue weighted by Crippen LogP contribution is -2.39. The van der Waals surface area contributed by atoms with E-state index in [0.29, 0.717) is 11.6 Å². The molecule has 3 rings (SSSR count). The van der Waals surface area contributed by atoms with Gasteiger partial charge in [-0.1, -0.05) is 22.0 Å². The Bertz CT molecular complexity index is 818. The average Bonchev–Trinajstić information content (AvgIpc) is 3.21. The monoisotopic (exact) mass is 401 g/mol. The molecule has 132 valence electrons. The maximum atomic E-state index is 12.3. The Kier molecular flexibility index (Phi) is 5.48. The zero-order valence-electron chi connectivity index (χ0n) is 14.8. The fraction of sp³-hybridized carbons (Fsp3) is 0.500. The number of nitrogens with zero attached hydrogens (tertiary/aromatic N) is 3. The van der Waals surface area contributed by atoms with Crippen LogP contribution in [-0.4, -0.2) is 32.8 Å². The van der Waals surface area contributed by atoms with Crippen LogP contribution in [0, 0.1) is 11.3 Å². The largest absolute Gasteiger partial charge is 0.345 e. The summed E-state index contributed by atoms with van der Waals surface area (Å²) in [5.41, 5.74) is 3.12. The number of amides is 1. The number of alkyl halides is 1. The lowest BCUT2D eigenvalue weighted by Gasteiger charge is -2.26. The van der Waals surface area contributed by atoms with Gasteiger partial charge in [-0.2, -0.15) is 5.26 Å². The number of rotatable bonds is 5. The number of aromatic nitrogens is 1. The SMILES string of the molecule is CCn1c(CC[C@@H]2CCCN2C(=O)C(C)Br)cc2ccc(C#N)cc21. The molecule has 2 aromatic rings. The first-order chi connectivity index (χ1) is 12.0. The molecule has 0 aliphatic carbocycles. The smallest absolute Gasteiger partial charge is 0.236 e. The number of aryl methyl sites for hydroxylation is 2. The summed E-state index contributed by atoms with van der Waals surface area (Å²) in [5, 5.41) is 10.3. The molecule has 0 N–H and O–H groups in total. The fourth-order valence-electron chi connectivity index (χ4n) is 3.93. The van der Waals surface area contributed by atoms with Gasteiger partial charge in [0.25, 0.3) is 0 Å². The van der Waals surface area contributed by atoms with Crippen LogP contribution in [0.15, 0.2) is 24.3 Å². The van der Waals surface area contributed by atoms with Crippen LogP contribution < -0.4 is 0 Å². The van der Waals surface area contributed by atoms with Gasteiger partial charge in [0.2, 0.25) is 5.91 Å². The Balaban J connectivity index is 1.79. The molecule has 1 saturated heterocycles. The number of hydrogen-bond acceptors (Lipinski definition) is 2.